The Morgan fingerprint density at radius 1 is 1.03 bits per heavy atom. The maximum atomic E-state index is 11.4. The van der Waals surface area contributed by atoms with Crippen LogP contribution in [0.5, 0.6) is 11.5 Å². The summed E-state index contributed by atoms with van der Waals surface area (Å²) in [5, 5.41) is 10.6. The molecule has 1 saturated carbocycles. The highest BCUT2D eigenvalue weighted by Crippen LogP contribution is 2.40. The predicted octanol–water partition coefficient (Wildman–Crippen LogP) is 4.74. The molecule has 0 amide bonds. The minimum Gasteiger partial charge on any atom is -0.497 e. The maximum Gasteiger partial charge on any atom is 0.300 e. The van der Waals surface area contributed by atoms with E-state index < -0.39 is 14.8 Å². The summed E-state index contributed by atoms with van der Waals surface area (Å²) in [5.74, 6) is 1.55. The largest absolute Gasteiger partial charge is 0.497 e. The minimum absolute atomic E-state index is 0.331. The Balaban J connectivity index is 1.21. The Hall–Kier alpha value is -3.32. The van der Waals surface area contributed by atoms with Crippen molar-refractivity contribution in [1.29, 1.82) is 0 Å². The third kappa shape index (κ3) is 5.90. The molecule has 3 aromatic rings. The fourth-order valence-corrected chi connectivity index (χ4v) is 8.50. The number of pyridine rings is 1. The molecule has 0 radical (unpaired) electrons. The van der Waals surface area contributed by atoms with E-state index in [1.54, 1.807) is 7.11 Å². The van der Waals surface area contributed by atoms with Crippen LogP contribution in [-0.4, -0.2) is 51.7 Å². The number of aliphatic carboxylic acids is 1. The molecule has 7 heteroatoms. The van der Waals surface area contributed by atoms with Crippen LogP contribution in [0.2, 0.25) is 11.6 Å². The third-order valence-electron chi connectivity index (χ3n) is 7.46. The normalized spacial score (nSPS) is 17.0. The van der Waals surface area contributed by atoms with Gasteiger partial charge in [0.1, 0.15) is 11.5 Å². The van der Waals surface area contributed by atoms with Gasteiger partial charge in [-0.2, -0.15) is 0 Å². The molecule has 0 spiro atoms. The van der Waals surface area contributed by atoms with Gasteiger partial charge in [-0.25, -0.2) is 0 Å². The second-order valence-corrected chi connectivity index (χ2v) is 13.2. The second kappa shape index (κ2) is 11.2. The number of benzene rings is 2. The number of piperidine rings is 1. The standard InChI is InChI=1S/C29H34N2O4Si/c1-34-22-8-11-26(27-7-2-3-14-30-27)28(18-22)31-15-12-21(13-16-31)19-35-23-5-4-6-25(17-23)36(20-29(32)33)24-9-10-24/h2-8,11,14,17-18,21,24,36H,9-10,12-13,15-16,19-20H2,1H3,(H,32,33)/t36-/m0/s1. The summed E-state index contributed by atoms with van der Waals surface area (Å²) in [6.07, 6.45) is 6.30. The van der Waals surface area contributed by atoms with Gasteiger partial charge >= 0.3 is 5.97 Å². The number of hydrogen-bond acceptors (Lipinski definition) is 5. The lowest BCUT2D eigenvalue weighted by Crippen LogP contribution is -2.36. The van der Waals surface area contributed by atoms with E-state index >= 15 is 0 Å². The van der Waals surface area contributed by atoms with Crippen molar-refractivity contribution in [1.82, 2.24) is 4.98 Å². The molecular weight excluding hydrogens is 468 g/mol. The molecule has 1 aliphatic carbocycles. The highest BCUT2D eigenvalue weighted by molar-refractivity contribution is 6.77. The van der Waals surface area contributed by atoms with E-state index in [0.717, 1.165) is 54.4 Å². The van der Waals surface area contributed by atoms with E-state index in [-0.39, 0.29) is 0 Å². The van der Waals surface area contributed by atoms with Gasteiger partial charge in [0.25, 0.3) is 0 Å². The van der Waals surface area contributed by atoms with Gasteiger partial charge in [-0.1, -0.05) is 36.2 Å². The Morgan fingerprint density at radius 2 is 1.86 bits per heavy atom. The van der Waals surface area contributed by atoms with Gasteiger partial charge in [0, 0.05) is 42.6 Å². The number of carboxylic acid groups (broad SMARTS) is 1. The first-order valence-corrected chi connectivity index (χ1v) is 15.0. The summed E-state index contributed by atoms with van der Waals surface area (Å²) in [4.78, 5) is 18.4. The Morgan fingerprint density at radius 3 is 2.56 bits per heavy atom. The fraction of sp³-hybridized carbons (Fsp3) is 0.379. The summed E-state index contributed by atoms with van der Waals surface area (Å²) in [6, 6.07) is 20.8. The molecule has 2 aromatic carbocycles. The van der Waals surface area contributed by atoms with Gasteiger partial charge in [-0.3, -0.25) is 9.78 Å². The van der Waals surface area contributed by atoms with Crippen LogP contribution in [0.15, 0.2) is 66.9 Å². The molecule has 36 heavy (non-hydrogen) atoms. The molecule has 2 heterocycles. The van der Waals surface area contributed by atoms with Crippen LogP contribution in [-0.2, 0) is 4.79 Å². The molecule has 2 aliphatic rings. The molecule has 188 valence electrons. The first kappa shape index (κ1) is 24.4. The van der Waals surface area contributed by atoms with Crippen LogP contribution in [0, 0.1) is 5.92 Å². The number of rotatable bonds is 10. The van der Waals surface area contributed by atoms with Gasteiger partial charge < -0.3 is 19.5 Å². The maximum absolute atomic E-state index is 11.4. The summed E-state index contributed by atoms with van der Waals surface area (Å²) in [5.41, 5.74) is 3.89. The zero-order chi connectivity index (χ0) is 24.9. The lowest BCUT2D eigenvalue weighted by atomic mass is 9.96. The minimum atomic E-state index is -1.48. The molecule has 2 fully saturated rings. The van der Waals surface area contributed by atoms with Gasteiger partial charge in [0.15, 0.2) is 0 Å². The summed E-state index contributed by atoms with van der Waals surface area (Å²) < 4.78 is 11.8. The number of methoxy groups -OCH3 is 1. The summed E-state index contributed by atoms with van der Waals surface area (Å²) in [7, 11) is 0.221. The van der Waals surface area contributed by atoms with E-state index in [4.69, 9.17) is 9.47 Å². The van der Waals surface area contributed by atoms with Crippen molar-refractivity contribution in [2.75, 3.05) is 31.7 Å². The van der Waals surface area contributed by atoms with Crippen molar-refractivity contribution >= 4 is 25.6 Å². The quantitative estimate of drug-likeness (QED) is 0.404. The number of hydrogen-bond donors (Lipinski definition) is 1. The molecule has 0 bridgehead atoms. The van der Waals surface area contributed by atoms with Crippen molar-refractivity contribution < 1.29 is 19.4 Å². The number of carbonyl (C=O) groups is 1. The molecule has 6 nitrogen and oxygen atoms in total. The average molecular weight is 503 g/mol. The molecule has 1 N–H and O–H groups in total. The molecule has 1 aliphatic heterocycles. The van der Waals surface area contributed by atoms with Crippen LogP contribution in [0.25, 0.3) is 11.3 Å². The highest BCUT2D eigenvalue weighted by Gasteiger charge is 2.35. The van der Waals surface area contributed by atoms with E-state index in [0.29, 0.717) is 24.1 Å². The lowest BCUT2D eigenvalue weighted by molar-refractivity contribution is -0.134. The zero-order valence-corrected chi connectivity index (χ0v) is 22.0. The summed E-state index contributed by atoms with van der Waals surface area (Å²) >= 11 is 0. The van der Waals surface area contributed by atoms with E-state index in [1.165, 1.54) is 18.0 Å². The first-order valence-electron chi connectivity index (χ1n) is 12.9. The van der Waals surface area contributed by atoms with Crippen LogP contribution in [0.3, 0.4) is 0 Å². The van der Waals surface area contributed by atoms with Crippen molar-refractivity contribution in [3.63, 3.8) is 0 Å². The molecule has 1 saturated heterocycles. The number of aromatic nitrogens is 1. The SMILES string of the molecule is COc1ccc(-c2ccccn2)c(N2CCC(COc3cccc([Si@@H](CC(=O)O)C4CC4)c3)CC2)c1. The smallest absolute Gasteiger partial charge is 0.300 e. The van der Waals surface area contributed by atoms with Crippen molar-refractivity contribution in [3.8, 4) is 22.8 Å². The third-order valence-corrected chi connectivity index (χ3v) is 11.3. The van der Waals surface area contributed by atoms with Crippen LogP contribution < -0.4 is 19.6 Å². The van der Waals surface area contributed by atoms with Gasteiger partial charge in [0.05, 0.1) is 28.2 Å². The van der Waals surface area contributed by atoms with E-state index in [2.05, 4.69) is 34.1 Å². The number of carboxylic acids is 1. The van der Waals surface area contributed by atoms with Crippen LogP contribution in [0.1, 0.15) is 25.7 Å². The molecule has 5 rings (SSSR count). The fourth-order valence-electron chi connectivity index (χ4n) is 5.27. The van der Waals surface area contributed by atoms with Gasteiger partial charge in [-0.15, -0.1) is 0 Å². The van der Waals surface area contributed by atoms with Gasteiger partial charge in [0.2, 0.25) is 0 Å². The van der Waals surface area contributed by atoms with Crippen molar-refractivity contribution in [3.05, 3.63) is 66.9 Å². The first-order chi connectivity index (χ1) is 17.6. The number of anilines is 1. The van der Waals surface area contributed by atoms with E-state index in [1.807, 2.05) is 42.6 Å². The van der Waals surface area contributed by atoms with Crippen molar-refractivity contribution in [2.24, 2.45) is 5.92 Å². The Bertz CT molecular complexity index is 1180. The number of ether oxygens (including phenoxy) is 2. The number of nitrogens with zero attached hydrogens (tertiary/aromatic N) is 2. The topological polar surface area (TPSA) is 71.9 Å². The molecule has 1 atom stereocenters. The second-order valence-electron chi connectivity index (χ2n) is 9.95. The highest BCUT2D eigenvalue weighted by atomic mass is 28.3. The Kier molecular flexibility index (Phi) is 7.56. The van der Waals surface area contributed by atoms with Crippen LogP contribution in [0.4, 0.5) is 5.69 Å². The average Bonchev–Trinajstić information content (AvgIpc) is 3.76. The van der Waals surface area contributed by atoms with Crippen LogP contribution >= 0.6 is 0 Å². The predicted molar refractivity (Wildman–Crippen MR) is 145 cm³/mol. The van der Waals surface area contributed by atoms with Gasteiger partial charge in [-0.05, 0) is 60.7 Å². The lowest BCUT2D eigenvalue weighted by Gasteiger charge is -2.34. The molecule has 0 unspecified atom stereocenters. The zero-order valence-electron chi connectivity index (χ0n) is 20.8. The molecule has 1 aromatic heterocycles. The monoisotopic (exact) mass is 502 g/mol. The molecular formula is C29H34N2O4Si. The van der Waals surface area contributed by atoms with E-state index in [9.17, 15) is 9.90 Å². The Labute approximate surface area is 214 Å². The summed E-state index contributed by atoms with van der Waals surface area (Å²) in [6.45, 7) is 2.60. The van der Waals surface area contributed by atoms with Crippen molar-refractivity contribution in [2.45, 2.75) is 37.3 Å².